The Labute approximate surface area is 258 Å². The number of hydrazone groups is 1. The molecule has 4 rings (SSSR count). The standard InChI is InChI=1S/C31H33N5O9/c1-4-43-26-15-22(29-28(30(38)42-3)19(2)33-31(39)34-29)10-13-25(26)45-18-27(37)35-32-16-20-8-11-24(12-9-20)44-17-21-6-5-7-23(14-21)36(40)41/h5-16,27,29,35,37H,4,17-18H2,1-3H3,(H2,33,34,39)/b32-16-/t27-,29-/m0/s1. The number of carbonyl (C=O) groups excluding carboxylic acids is 2. The third-order valence-electron chi connectivity index (χ3n) is 6.52. The Hall–Kier alpha value is -5.63. The molecule has 236 valence electrons. The molecule has 14 nitrogen and oxygen atoms in total. The van der Waals surface area contributed by atoms with Gasteiger partial charge in [0, 0.05) is 17.8 Å². The van der Waals surface area contributed by atoms with E-state index in [9.17, 15) is 24.8 Å². The van der Waals surface area contributed by atoms with Crippen molar-refractivity contribution in [3.63, 3.8) is 0 Å². The molecule has 2 atom stereocenters. The van der Waals surface area contributed by atoms with E-state index < -0.39 is 29.2 Å². The van der Waals surface area contributed by atoms with E-state index in [1.54, 1.807) is 68.4 Å². The predicted molar refractivity (Wildman–Crippen MR) is 163 cm³/mol. The quantitative estimate of drug-likeness (QED) is 0.0683. The first kappa shape index (κ1) is 32.3. The second-order valence-electron chi connectivity index (χ2n) is 9.70. The van der Waals surface area contributed by atoms with Crippen LogP contribution in [-0.4, -0.2) is 54.8 Å². The Morgan fingerprint density at radius 2 is 1.89 bits per heavy atom. The lowest BCUT2D eigenvalue weighted by Crippen LogP contribution is -2.45. The maximum Gasteiger partial charge on any atom is 0.337 e. The lowest BCUT2D eigenvalue weighted by molar-refractivity contribution is -0.384. The lowest BCUT2D eigenvalue weighted by Gasteiger charge is -2.28. The number of carbonyl (C=O) groups is 2. The van der Waals surface area contributed by atoms with Crippen molar-refractivity contribution in [3.8, 4) is 17.2 Å². The van der Waals surface area contributed by atoms with E-state index in [0.717, 1.165) is 5.56 Å². The fourth-order valence-electron chi connectivity index (χ4n) is 4.40. The van der Waals surface area contributed by atoms with Gasteiger partial charge in [0.25, 0.3) is 5.69 Å². The number of nitro groups is 1. The summed E-state index contributed by atoms with van der Waals surface area (Å²) in [4.78, 5) is 35.0. The smallest absolute Gasteiger partial charge is 0.337 e. The van der Waals surface area contributed by atoms with E-state index in [1.165, 1.54) is 25.5 Å². The third-order valence-corrected chi connectivity index (χ3v) is 6.52. The van der Waals surface area contributed by atoms with E-state index in [0.29, 0.717) is 40.7 Å². The van der Waals surface area contributed by atoms with Crippen LogP contribution in [0.4, 0.5) is 10.5 Å². The van der Waals surface area contributed by atoms with Gasteiger partial charge in [-0.2, -0.15) is 5.10 Å². The van der Waals surface area contributed by atoms with E-state index in [2.05, 4.69) is 21.2 Å². The van der Waals surface area contributed by atoms with Crippen molar-refractivity contribution in [3.05, 3.63) is 105 Å². The SMILES string of the molecule is CCOc1cc([C@@H]2NC(=O)NC(C)=C2C(=O)OC)ccc1OC[C@H](O)N/N=C\c1ccc(OCc2cccc([N+](=O)[O-])c2)cc1. The van der Waals surface area contributed by atoms with Crippen LogP contribution < -0.4 is 30.3 Å². The monoisotopic (exact) mass is 619 g/mol. The molecule has 14 heteroatoms. The predicted octanol–water partition coefficient (Wildman–Crippen LogP) is 3.69. The first-order valence-corrected chi connectivity index (χ1v) is 13.9. The fraction of sp³-hybridized carbons (Fsp3) is 0.258. The molecule has 0 saturated carbocycles. The fourth-order valence-corrected chi connectivity index (χ4v) is 4.40. The zero-order valence-electron chi connectivity index (χ0n) is 24.8. The molecule has 3 aromatic rings. The zero-order chi connectivity index (χ0) is 32.3. The van der Waals surface area contributed by atoms with Crippen molar-refractivity contribution in [1.82, 2.24) is 16.1 Å². The Balaban J connectivity index is 1.31. The van der Waals surface area contributed by atoms with Crippen LogP contribution >= 0.6 is 0 Å². The molecule has 1 heterocycles. The number of urea groups is 1. The number of nitro benzene ring substituents is 1. The Morgan fingerprint density at radius 1 is 1.11 bits per heavy atom. The number of esters is 1. The van der Waals surface area contributed by atoms with Crippen LogP contribution in [0.1, 0.15) is 36.6 Å². The number of methoxy groups -OCH3 is 1. The molecular formula is C31H33N5O9. The van der Waals surface area contributed by atoms with Crippen molar-refractivity contribution in [2.75, 3.05) is 20.3 Å². The van der Waals surface area contributed by atoms with Crippen LogP contribution in [-0.2, 0) is 16.1 Å². The molecule has 0 saturated heterocycles. The van der Waals surface area contributed by atoms with Crippen LogP contribution in [0, 0.1) is 10.1 Å². The van der Waals surface area contributed by atoms with E-state index in [4.69, 9.17) is 18.9 Å². The second-order valence-corrected chi connectivity index (χ2v) is 9.70. The molecule has 0 unspecified atom stereocenters. The summed E-state index contributed by atoms with van der Waals surface area (Å²) in [6, 6.07) is 17.0. The van der Waals surface area contributed by atoms with Crippen molar-refractivity contribution >= 4 is 23.9 Å². The van der Waals surface area contributed by atoms with Crippen LogP contribution in [0.2, 0.25) is 0 Å². The molecule has 4 N–H and O–H groups in total. The zero-order valence-corrected chi connectivity index (χ0v) is 24.8. The van der Waals surface area contributed by atoms with E-state index >= 15 is 0 Å². The number of hydrogen-bond acceptors (Lipinski definition) is 11. The maximum absolute atomic E-state index is 12.4. The molecule has 0 radical (unpaired) electrons. The molecule has 0 aromatic heterocycles. The molecule has 0 fully saturated rings. The highest BCUT2D eigenvalue weighted by atomic mass is 16.6. The maximum atomic E-state index is 12.4. The molecule has 0 spiro atoms. The van der Waals surface area contributed by atoms with Gasteiger partial charge in [-0.3, -0.25) is 15.5 Å². The summed E-state index contributed by atoms with van der Waals surface area (Å²) in [5, 5.41) is 30.7. The van der Waals surface area contributed by atoms with Gasteiger partial charge in [-0.05, 0) is 66.9 Å². The van der Waals surface area contributed by atoms with Gasteiger partial charge in [0.15, 0.2) is 17.7 Å². The molecule has 1 aliphatic rings. The van der Waals surface area contributed by atoms with Crippen LogP contribution in [0.3, 0.4) is 0 Å². The van der Waals surface area contributed by atoms with Gasteiger partial charge >= 0.3 is 12.0 Å². The number of non-ortho nitro benzene ring substituents is 1. The summed E-state index contributed by atoms with van der Waals surface area (Å²) in [7, 11) is 1.26. The highest BCUT2D eigenvalue weighted by Gasteiger charge is 2.32. The number of aliphatic hydroxyl groups excluding tert-OH is 1. The number of aliphatic hydroxyl groups is 1. The normalized spacial score (nSPS) is 15.1. The minimum Gasteiger partial charge on any atom is -0.490 e. The molecule has 0 bridgehead atoms. The lowest BCUT2D eigenvalue weighted by atomic mass is 9.95. The minimum absolute atomic E-state index is 0.00239. The molecule has 0 aliphatic carbocycles. The first-order valence-electron chi connectivity index (χ1n) is 13.9. The summed E-state index contributed by atoms with van der Waals surface area (Å²) < 4.78 is 22.1. The summed E-state index contributed by atoms with van der Waals surface area (Å²) in [6.45, 7) is 3.74. The summed E-state index contributed by atoms with van der Waals surface area (Å²) in [5.74, 6) is 0.687. The molecule has 1 aliphatic heterocycles. The number of rotatable bonds is 14. The van der Waals surface area contributed by atoms with Crippen LogP contribution in [0.15, 0.2) is 83.1 Å². The minimum atomic E-state index is -1.16. The third kappa shape index (κ3) is 8.70. The number of nitrogens with one attached hydrogen (secondary N) is 3. The number of ether oxygens (including phenoxy) is 4. The number of benzene rings is 3. The van der Waals surface area contributed by atoms with Gasteiger partial charge in [-0.15, -0.1) is 0 Å². The van der Waals surface area contributed by atoms with Crippen molar-refractivity contribution in [2.24, 2.45) is 5.10 Å². The summed E-state index contributed by atoms with van der Waals surface area (Å²) in [6.07, 6.45) is 0.351. The van der Waals surface area contributed by atoms with Gasteiger partial charge in [0.2, 0.25) is 0 Å². The van der Waals surface area contributed by atoms with Crippen LogP contribution in [0.5, 0.6) is 17.2 Å². The molecular weight excluding hydrogens is 586 g/mol. The van der Waals surface area contributed by atoms with Crippen molar-refractivity contribution in [2.45, 2.75) is 32.7 Å². The Kier molecular flexibility index (Phi) is 10.9. The van der Waals surface area contributed by atoms with E-state index in [1.807, 2.05) is 0 Å². The van der Waals surface area contributed by atoms with Gasteiger partial charge in [0.05, 0.1) is 36.5 Å². The summed E-state index contributed by atoms with van der Waals surface area (Å²) in [5.41, 5.74) is 5.21. The largest absolute Gasteiger partial charge is 0.490 e. The first-order chi connectivity index (χ1) is 21.7. The van der Waals surface area contributed by atoms with Gasteiger partial charge in [-0.25, -0.2) is 9.59 Å². The highest BCUT2D eigenvalue weighted by Crippen LogP contribution is 2.35. The van der Waals surface area contributed by atoms with E-state index in [-0.39, 0.29) is 24.5 Å². The highest BCUT2D eigenvalue weighted by molar-refractivity contribution is 5.95. The number of amides is 2. The second kappa shape index (κ2) is 15.2. The van der Waals surface area contributed by atoms with Crippen molar-refractivity contribution in [1.29, 1.82) is 0 Å². The average Bonchev–Trinajstić information content (AvgIpc) is 3.03. The van der Waals surface area contributed by atoms with Crippen LogP contribution in [0.25, 0.3) is 0 Å². The van der Waals surface area contributed by atoms with Gasteiger partial charge in [0.1, 0.15) is 19.0 Å². The number of allylic oxidation sites excluding steroid dienone is 1. The average molecular weight is 620 g/mol. The Morgan fingerprint density at radius 3 is 2.60 bits per heavy atom. The van der Waals surface area contributed by atoms with Gasteiger partial charge in [-0.1, -0.05) is 18.2 Å². The summed E-state index contributed by atoms with van der Waals surface area (Å²) >= 11 is 0. The Bertz CT molecular complexity index is 1590. The molecule has 2 amide bonds. The molecule has 45 heavy (non-hydrogen) atoms. The number of nitrogens with zero attached hydrogens (tertiary/aromatic N) is 2. The topological polar surface area (TPSA) is 183 Å². The molecule has 3 aromatic carbocycles. The van der Waals surface area contributed by atoms with Crippen molar-refractivity contribution < 1.29 is 38.6 Å². The van der Waals surface area contributed by atoms with Gasteiger partial charge < -0.3 is 34.7 Å². The number of hydrogen-bond donors (Lipinski definition) is 4.